The van der Waals surface area contributed by atoms with E-state index in [0.29, 0.717) is 17.7 Å². The first-order chi connectivity index (χ1) is 14.9. The number of sulfone groups is 1. The van der Waals surface area contributed by atoms with Crippen LogP contribution < -0.4 is 0 Å². The molecular weight excluding hydrogens is 414 g/mol. The van der Waals surface area contributed by atoms with Gasteiger partial charge >= 0.3 is 5.97 Å². The van der Waals surface area contributed by atoms with E-state index in [2.05, 4.69) is 0 Å². The van der Waals surface area contributed by atoms with E-state index < -0.39 is 9.84 Å². The summed E-state index contributed by atoms with van der Waals surface area (Å²) < 4.78 is 28.5. The highest BCUT2D eigenvalue weighted by molar-refractivity contribution is 7.91. The number of amides is 1. The van der Waals surface area contributed by atoms with Gasteiger partial charge in [0.05, 0.1) is 23.7 Å². The van der Waals surface area contributed by atoms with Crippen molar-refractivity contribution in [2.75, 3.05) is 31.2 Å². The number of carbonyl (C=O) groups is 2. The molecule has 0 unspecified atom stereocenters. The highest BCUT2D eigenvalue weighted by Gasteiger charge is 2.27. The average Bonchev–Trinajstić information content (AvgIpc) is 2.78. The van der Waals surface area contributed by atoms with Crippen LogP contribution in [-0.4, -0.2) is 56.4 Å². The Kier molecular flexibility index (Phi) is 5.78. The van der Waals surface area contributed by atoms with Gasteiger partial charge in [0.15, 0.2) is 9.84 Å². The van der Waals surface area contributed by atoms with Crippen molar-refractivity contribution < 1.29 is 22.7 Å². The molecule has 1 heterocycles. The average molecular weight is 438 g/mol. The number of benzene rings is 3. The van der Waals surface area contributed by atoms with Crippen molar-refractivity contribution in [1.82, 2.24) is 4.90 Å². The molecule has 1 aliphatic rings. The van der Waals surface area contributed by atoms with Crippen LogP contribution in [0.15, 0.2) is 60.7 Å². The van der Waals surface area contributed by atoms with Gasteiger partial charge in [-0.15, -0.1) is 0 Å². The van der Waals surface area contributed by atoms with Gasteiger partial charge in [0.1, 0.15) is 0 Å². The molecule has 160 valence electrons. The van der Waals surface area contributed by atoms with Gasteiger partial charge in [-0.3, -0.25) is 4.79 Å². The van der Waals surface area contributed by atoms with Crippen molar-refractivity contribution in [1.29, 1.82) is 0 Å². The molecule has 6 nitrogen and oxygen atoms in total. The van der Waals surface area contributed by atoms with E-state index in [1.54, 1.807) is 30.0 Å². The molecule has 0 aliphatic carbocycles. The fourth-order valence-corrected chi connectivity index (χ4v) is 5.05. The second kappa shape index (κ2) is 8.51. The SMILES string of the molecule is CCOC(=O)c1cccc(-c2ccc(C(=O)N3CCS(=O)(=O)CC3)c3ccccc23)c1. The molecule has 0 radical (unpaired) electrons. The molecule has 0 spiro atoms. The van der Waals surface area contributed by atoms with Crippen molar-refractivity contribution in [2.24, 2.45) is 0 Å². The van der Waals surface area contributed by atoms with Crippen LogP contribution in [0.3, 0.4) is 0 Å². The summed E-state index contributed by atoms with van der Waals surface area (Å²) in [6.45, 7) is 2.49. The Balaban J connectivity index is 1.74. The quantitative estimate of drug-likeness (QED) is 0.583. The zero-order chi connectivity index (χ0) is 22.0. The van der Waals surface area contributed by atoms with Gasteiger partial charge in [-0.2, -0.15) is 0 Å². The lowest BCUT2D eigenvalue weighted by Crippen LogP contribution is -2.43. The minimum atomic E-state index is -3.06. The van der Waals surface area contributed by atoms with Crippen molar-refractivity contribution in [3.05, 3.63) is 71.8 Å². The molecule has 1 aliphatic heterocycles. The van der Waals surface area contributed by atoms with Crippen molar-refractivity contribution >= 4 is 32.5 Å². The van der Waals surface area contributed by atoms with E-state index in [1.165, 1.54) is 0 Å². The van der Waals surface area contributed by atoms with Gasteiger partial charge in [0.2, 0.25) is 0 Å². The zero-order valence-electron chi connectivity index (χ0n) is 17.2. The predicted molar refractivity (Wildman–Crippen MR) is 120 cm³/mol. The fourth-order valence-electron chi connectivity index (χ4n) is 3.85. The molecule has 0 aromatic heterocycles. The van der Waals surface area contributed by atoms with Gasteiger partial charge in [0.25, 0.3) is 5.91 Å². The van der Waals surface area contributed by atoms with E-state index in [1.807, 2.05) is 42.5 Å². The molecule has 7 heteroatoms. The Morgan fingerprint density at radius 1 is 0.935 bits per heavy atom. The Labute approximate surface area is 181 Å². The van der Waals surface area contributed by atoms with Crippen LogP contribution in [0, 0.1) is 0 Å². The third kappa shape index (κ3) is 4.32. The number of hydrogen-bond acceptors (Lipinski definition) is 5. The molecule has 0 bridgehead atoms. The summed E-state index contributed by atoms with van der Waals surface area (Å²) in [7, 11) is -3.06. The third-order valence-electron chi connectivity index (χ3n) is 5.47. The molecule has 0 N–H and O–H groups in total. The van der Waals surface area contributed by atoms with Crippen LogP contribution in [0.5, 0.6) is 0 Å². The van der Waals surface area contributed by atoms with Crippen LogP contribution in [0.1, 0.15) is 27.6 Å². The van der Waals surface area contributed by atoms with E-state index in [9.17, 15) is 18.0 Å². The normalized spacial score (nSPS) is 15.6. The lowest BCUT2D eigenvalue weighted by Gasteiger charge is -2.27. The van der Waals surface area contributed by atoms with E-state index in [4.69, 9.17) is 4.74 Å². The molecule has 4 rings (SSSR count). The second-order valence-corrected chi connectivity index (χ2v) is 9.76. The van der Waals surface area contributed by atoms with E-state index in [-0.39, 0.29) is 36.5 Å². The van der Waals surface area contributed by atoms with Crippen LogP contribution in [0.25, 0.3) is 21.9 Å². The van der Waals surface area contributed by atoms with Crippen LogP contribution >= 0.6 is 0 Å². The van der Waals surface area contributed by atoms with Gasteiger partial charge in [-0.25, -0.2) is 13.2 Å². The summed E-state index contributed by atoms with van der Waals surface area (Å²) >= 11 is 0. The fraction of sp³-hybridized carbons (Fsp3) is 0.250. The molecule has 1 amide bonds. The lowest BCUT2D eigenvalue weighted by atomic mass is 9.93. The largest absolute Gasteiger partial charge is 0.462 e. The molecule has 0 saturated carbocycles. The molecular formula is C24H23NO5S. The summed E-state index contributed by atoms with van der Waals surface area (Å²) in [4.78, 5) is 26.9. The number of fused-ring (bicyclic) bond motifs is 1. The highest BCUT2D eigenvalue weighted by Crippen LogP contribution is 2.32. The minimum absolute atomic E-state index is 0.00456. The molecule has 31 heavy (non-hydrogen) atoms. The first-order valence-corrected chi connectivity index (χ1v) is 12.0. The highest BCUT2D eigenvalue weighted by atomic mass is 32.2. The Morgan fingerprint density at radius 3 is 2.35 bits per heavy atom. The van der Waals surface area contributed by atoms with Crippen molar-refractivity contribution in [3.63, 3.8) is 0 Å². The van der Waals surface area contributed by atoms with Crippen LogP contribution in [-0.2, 0) is 14.6 Å². The molecule has 3 aromatic carbocycles. The standard InChI is InChI=1S/C24H23NO5S/c1-2-30-24(27)18-7-5-6-17(16-18)19-10-11-22(21-9-4-3-8-20(19)21)23(26)25-12-14-31(28,29)15-13-25/h3-11,16H,2,12-15H2,1H3. The molecule has 3 aromatic rings. The monoisotopic (exact) mass is 437 g/mol. The lowest BCUT2D eigenvalue weighted by molar-refractivity contribution is 0.0526. The second-order valence-electron chi connectivity index (χ2n) is 7.45. The number of nitrogens with zero attached hydrogens (tertiary/aromatic N) is 1. The molecule has 0 atom stereocenters. The third-order valence-corrected chi connectivity index (χ3v) is 7.08. The molecule has 1 saturated heterocycles. The van der Waals surface area contributed by atoms with Crippen molar-refractivity contribution in [3.8, 4) is 11.1 Å². The van der Waals surface area contributed by atoms with Gasteiger partial charge in [-0.1, -0.05) is 42.5 Å². The van der Waals surface area contributed by atoms with Crippen LogP contribution in [0.4, 0.5) is 0 Å². The summed E-state index contributed by atoms with van der Waals surface area (Å²) in [5.41, 5.74) is 2.77. The Morgan fingerprint density at radius 2 is 1.65 bits per heavy atom. The first kappa shape index (κ1) is 21.1. The van der Waals surface area contributed by atoms with Crippen LogP contribution in [0.2, 0.25) is 0 Å². The van der Waals surface area contributed by atoms with Crippen molar-refractivity contribution in [2.45, 2.75) is 6.92 Å². The number of carbonyl (C=O) groups excluding carboxylic acids is 2. The van der Waals surface area contributed by atoms with E-state index in [0.717, 1.165) is 21.9 Å². The predicted octanol–water partition coefficient (Wildman–Crippen LogP) is 3.55. The topological polar surface area (TPSA) is 80.8 Å². The Bertz CT molecular complexity index is 1250. The Hall–Kier alpha value is -3.19. The summed E-state index contributed by atoms with van der Waals surface area (Å²) in [6.07, 6.45) is 0. The smallest absolute Gasteiger partial charge is 0.338 e. The summed E-state index contributed by atoms with van der Waals surface area (Å²) in [5, 5.41) is 1.68. The van der Waals surface area contributed by atoms with Gasteiger partial charge in [-0.05, 0) is 47.0 Å². The minimum Gasteiger partial charge on any atom is -0.462 e. The zero-order valence-corrected chi connectivity index (χ0v) is 18.0. The number of rotatable bonds is 4. The number of ether oxygens (including phenoxy) is 1. The van der Waals surface area contributed by atoms with E-state index >= 15 is 0 Å². The maximum atomic E-state index is 13.2. The number of esters is 1. The summed E-state index contributed by atoms with van der Waals surface area (Å²) in [6, 6.07) is 18.5. The summed E-state index contributed by atoms with van der Waals surface area (Å²) in [5.74, 6) is -0.552. The van der Waals surface area contributed by atoms with Gasteiger partial charge in [0, 0.05) is 18.7 Å². The van der Waals surface area contributed by atoms with Gasteiger partial charge < -0.3 is 9.64 Å². The number of hydrogen-bond donors (Lipinski definition) is 0. The molecule has 1 fully saturated rings. The maximum Gasteiger partial charge on any atom is 0.338 e. The first-order valence-electron chi connectivity index (χ1n) is 10.2. The maximum absolute atomic E-state index is 13.2.